The van der Waals surface area contributed by atoms with Gasteiger partial charge in [0.25, 0.3) is 5.91 Å². The number of carbonyl (C=O) groups excluding carboxylic acids is 1. The maximum absolute atomic E-state index is 12.4. The standard InChI is InChI=1S/C15H22N2O2/c1-3-19-14-7-5-4-6-13(14)15(18)17(2)10-11-8-12(16)9-11/h4-7,11-12H,3,8-10,16H2,1-2H3. The van der Waals surface area contributed by atoms with Crippen molar-refractivity contribution < 1.29 is 9.53 Å². The van der Waals surface area contributed by atoms with Crippen LogP contribution in [0.2, 0.25) is 0 Å². The first kappa shape index (κ1) is 13.9. The molecule has 1 aliphatic rings. The Bertz CT molecular complexity index is 442. The molecule has 4 nitrogen and oxygen atoms in total. The van der Waals surface area contributed by atoms with Crippen LogP contribution in [0.5, 0.6) is 5.75 Å². The van der Waals surface area contributed by atoms with Crippen LogP contribution in [0.15, 0.2) is 24.3 Å². The highest BCUT2D eigenvalue weighted by Gasteiger charge is 2.28. The zero-order chi connectivity index (χ0) is 13.8. The number of hydrogen-bond acceptors (Lipinski definition) is 3. The summed E-state index contributed by atoms with van der Waals surface area (Å²) in [5.74, 6) is 1.22. The number of nitrogens with two attached hydrogens (primary N) is 1. The molecule has 0 bridgehead atoms. The first-order chi connectivity index (χ1) is 9.11. The lowest BCUT2D eigenvalue weighted by Gasteiger charge is -2.35. The van der Waals surface area contributed by atoms with Gasteiger partial charge in [0, 0.05) is 19.6 Å². The van der Waals surface area contributed by atoms with Crippen LogP contribution >= 0.6 is 0 Å². The van der Waals surface area contributed by atoms with E-state index in [4.69, 9.17) is 10.5 Å². The van der Waals surface area contributed by atoms with Crippen molar-refractivity contribution in [3.63, 3.8) is 0 Å². The molecule has 0 saturated heterocycles. The lowest BCUT2D eigenvalue weighted by Crippen LogP contribution is -2.43. The van der Waals surface area contributed by atoms with Crippen molar-refractivity contribution >= 4 is 5.91 Å². The second kappa shape index (κ2) is 6.06. The number of carbonyl (C=O) groups is 1. The van der Waals surface area contributed by atoms with Crippen molar-refractivity contribution in [3.05, 3.63) is 29.8 Å². The van der Waals surface area contributed by atoms with Crippen molar-refractivity contribution in [2.75, 3.05) is 20.2 Å². The largest absolute Gasteiger partial charge is 0.493 e. The Morgan fingerprint density at radius 1 is 1.42 bits per heavy atom. The van der Waals surface area contributed by atoms with Gasteiger partial charge in [-0.3, -0.25) is 4.79 Å². The number of benzene rings is 1. The molecular formula is C15H22N2O2. The Hall–Kier alpha value is -1.55. The number of para-hydroxylation sites is 1. The third kappa shape index (κ3) is 3.26. The number of nitrogens with zero attached hydrogens (tertiary/aromatic N) is 1. The average Bonchev–Trinajstić information content (AvgIpc) is 2.37. The molecule has 1 aromatic carbocycles. The Kier molecular flexibility index (Phi) is 4.43. The van der Waals surface area contributed by atoms with Gasteiger partial charge in [0.2, 0.25) is 0 Å². The summed E-state index contributed by atoms with van der Waals surface area (Å²) >= 11 is 0. The quantitative estimate of drug-likeness (QED) is 0.881. The summed E-state index contributed by atoms with van der Waals surface area (Å²) in [5, 5.41) is 0. The molecule has 0 atom stereocenters. The molecule has 19 heavy (non-hydrogen) atoms. The van der Waals surface area contributed by atoms with E-state index in [1.165, 1.54) is 0 Å². The molecule has 1 amide bonds. The molecule has 2 rings (SSSR count). The molecule has 0 aliphatic heterocycles. The van der Waals surface area contributed by atoms with Crippen molar-refractivity contribution in [2.24, 2.45) is 11.7 Å². The van der Waals surface area contributed by atoms with Gasteiger partial charge in [0.1, 0.15) is 5.75 Å². The molecule has 0 unspecified atom stereocenters. The van der Waals surface area contributed by atoms with Crippen LogP contribution in [0, 0.1) is 5.92 Å². The van der Waals surface area contributed by atoms with E-state index in [0.29, 0.717) is 29.9 Å². The van der Waals surface area contributed by atoms with Crippen LogP contribution in [-0.2, 0) is 0 Å². The fourth-order valence-electron chi connectivity index (χ4n) is 2.54. The number of ether oxygens (including phenoxy) is 1. The number of rotatable bonds is 5. The number of amides is 1. The summed E-state index contributed by atoms with van der Waals surface area (Å²) in [6.45, 7) is 3.25. The van der Waals surface area contributed by atoms with E-state index < -0.39 is 0 Å². The fraction of sp³-hybridized carbons (Fsp3) is 0.533. The Labute approximate surface area is 114 Å². The van der Waals surface area contributed by atoms with Crippen LogP contribution in [0.25, 0.3) is 0 Å². The van der Waals surface area contributed by atoms with Gasteiger partial charge in [-0.15, -0.1) is 0 Å². The molecule has 0 aromatic heterocycles. The predicted octanol–water partition coefficient (Wildman–Crippen LogP) is 1.89. The van der Waals surface area contributed by atoms with Gasteiger partial charge in [-0.25, -0.2) is 0 Å². The first-order valence-corrected chi connectivity index (χ1v) is 6.84. The zero-order valence-corrected chi connectivity index (χ0v) is 11.6. The van der Waals surface area contributed by atoms with Gasteiger partial charge in [-0.05, 0) is 37.8 Å². The van der Waals surface area contributed by atoms with Gasteiger partial charge in [0.05, 0.1) is 12.2 Å². The minimum atomic E-state index is 0.0181. The summed E-state index contributed by atoms with van der Waals surface area (Å²) < 4.78 is 5.50. The maximum Gasteiger partial charge on any atom is 0.257 e. The van der Waals surface area contributed by atoms with Crippen LogP contribution in [0.3, 0.4) is 0 Å². The van der Waals surface area contributed by atoms with Crippen molar-refractivity contribution in [2.45, 2.75) is 25.8 Å². The summed E-state index contributed by atoms with van der Waals surface area (Å²) in [5.41, 5.74) is 6.41. The van der Waals surface area contributed by atoms with E-state index in [1.807, 2.05) is 38.2 Å². The third-order valence-electron chi connectivity index (χ3n) is 3.57. The average molecular weight is 262 g/mol. The van der Waals surface area contributed by atoms with Gasteiger partial charge in [-0.2, -0.15) is 0 Å². The summed E-state index contributed by atoms with van der Waals surface area (Å²) in [7, 11) is 1.84. The Balaban J connectivity index is 2.01. The van der Waals surface area contributed by atoms with Crippen molar-refractivity contribution in [1.29, 1.82) is 0 Å². The van der Waals surface area contributed by atoms with Crippen molar-refractivity contribution in [1.82, 2.24) is 4.90 Å². The highest BCUT2D eigenvalue weighted by molar-refractivity contribution is 5.96. The van der Waals surface area contributed by atoms with Crippen LogP contribution in [-0.4, -0.2) is 37.0 Å². The second-order valence-electron chi connectivity index (χ2n) is 5.21. The van der Waals surface area contributed by atoms with Crippen LogP contribution in [0.1, 0.15) is 30.1 Å². The smallest absolute Gasteiger partial charge is 0.257 e. The van der Waals surface area contributed by atoms with Gasteiger partial charge in [0.15, 0.2) is 0 Å². The number of hydrogen-bond donors (Lipinski definition) is 1. The van der Waals surface area contributed by atoms with Gasteiger partial charge in [-0.1, -0.05) is 12.1 Å². The molecule has 1 fully saturated rings. The van der Waals surface area contributed by atoms with E-state index in [9.17, 15) is 4.79 Å². The minimum absolute atomic E-state index is 0.0181. The zero-order valence-electron chi connectivity index (χ0n) is 11.6. The Morgan fingerprint density at radius 3 is 2.74 bits per heavy atom. The summed E-state index contributed by atoms with van der Waals surface area (Å²) in [4.78, 5) is 14.2. The monoisotopic (exact) mass is 262 g/mol. The molecule has 2 N–H and O–H groups in total. The highest BCUT2D eigenvalue weighted by Crippen LogP contribution is 2.27. The van der Waals surface area contributed by atoms with Crippen molar-refractivity contribution in [3.8, 4) is 5.75 Å². The van der Waals surface area contributed by atoms with E-state index in [1.54, 1.807) is 4.90 Å². The molecule has 104 valence electrons. The molecule has 0 radical (unpaired) electrons. The molecule has 1 aliphatic carbocycles. The lowest BCUT2D eigenvalue weighted by molar-refractivity contribution is 0.0730. The molecular weight excluding hydrogens is 240 g/mol. The summed E-state index contributed by atoms with van der Waals surface area (Å²) in [6.07, 6.45) is 2.04. The molecule has 0 heterocycles. The molecule has 1 aromatic rings. The van der Waals surface area contributed by atoms with Gasteiger partial charge < -0.3 is 15.4 Å². The first-order valence-electron chi connectivity index (χ1n) is 6.84. The lowest BCUT2D eigenvalue weighted by atomic mass is 9.80. The molecule has 0 spiro atoms. The van der Waals surface area contributed by atoms with E-state index in [-0.39, 0.29) is 5.91 Å². The van der Waals surface area contributed by atoms with E-state index in [2.05, 4.69) is 0 Å². The van der Waals surface area contributed by atoms with E-state index >= 15 is 0 Å². The maximum atomic E-state index is 12.4. The summed E-state index contributed by atoms with van der Waals surface area (Å²) in [6, 6.07) is 7.72. The second-order valence-corrected chi connectivity index (χ2v) is 5.21. The molecule has 1 saturated carbocycles. The SMILES string of the molecule is CCOc1ccccc1C(=O)N(C)CC1CC(N)C1. The molecule has 4 heteroatoms. The van der Waals surface area contributed by atoms with Gasteiger partial charge >= 0.3 is 0 Å². The fourth-order valence-corrected chi connectivity index (χ4v) is 2.54. The Morgan fingerprint density at radius 2 is 2.11 bits per heavy atom. The normalized spacial score (nSPS) is 21.6. The third-order valence-corrected chi connectivity index (χ3v) is 3.57. The van der Waals surface area contributed by atoms with Crippen LogP contribution < -0.4 is 10.5 Å². The van der Waals surface area contributed by atoms with Crippen LogP contribution in [0.4, 0.5) is 0 Å². The van der Waals surface area contributed by atoms with E-state index in [0.717, 1.165) is 19.4 Å². The highest BCUT2D eigenvalue weighted by atomic mass is 16.5. The minimum Gasteiger partial charge on any atom is -0.493 e. The topological polar surface area (TPSA) is 55.6 Å². The predicted molar refractivity (Wildman–Crippen MR) is 75.3 cm³/mol.